The van der Waals surface area contributed by atoms with Crippen LogP contribution in [0, 0.1) is 6.92 Å². The van der Waals surface area contributed by atoms with E-state index in [-0.39, 0.29) is 5.91 Å². The molecule has 0 spiro atoms. The first kappa shape index (κ1) is 14.1. The number of aromatic nitrogens is 5. The van der Waals surface area contributed by atoms with Crippen molar-refractivity contribution in [2.45, 2.75) is 32.4 Å². The van der Waals surface area contributed by atoms with E-state index in [1.54, 1.807) is 6.33 Å². The van der Waals surface area contributed by atoms with Crippen LogP contribution >= 0.6 is 11.3 Å². The van der Waals surface area contributed by atoms with Gasteiger partial charge in [-0.1, -0.05) is 11.3 Å². The summed E-state index contributed by atoms with van der Waals surface area (Å²) in [5.74, 6) is -0.0448. The quantitative estimate of drug-likeness (QED) is 0.867. The van der Waals surface area contributed by atoms with E-state index in [9.17, 15) is 4.79 Å². The minimum atomic E-state index is -0.0448. The summed E-state index contributed by atoms with van der Waals surface area (Å²) >= 11 is 1.38. The molecule has 0 aliphatic carbocycles. The number of hydrogen-bond donors (Lipinski definition) is 1. The van der Waals surface area contributed by atoms with Gasteiger partial charge in [-0.3, -0.25) is 19.7 Å². The van der Waals surface area contributed by atoms with Crippen molar-refractivity contribution in [3.8, 4) is 0 Å². The Balaban J connectivity index is 1.54. The van der Waals surface area contributed by atoms with Gasteiger partial charge in [-0.2, -0.15) is 5.10 Å². The summed E-state index contributed by atoms with van der Waals surface area (Å²) < 4.78 is 1.81. The Morgan fingerprint density at radius 1 is 1.52 bits per heavy atom. The van der Waals surface area contributed by atoms with Gasteiger partial charge in [0.15, 0.2) is 0 Å². The van der Waals surface area contributed by atoms with E-state index in [4.69, 9.17) is 0 Å². The molecule has 0 aromatic carbocycles. The van der Waals surface area contributed by atoms with Crippen molar-refractivity contribution in [1.82, 2.24) is 29.9 Å². The number of amides is 1. The van der Waals surface area contributed by atoms with Crippen molar-refractivity contribution in [3.63, 3.8) is 0 Å². The molecule has 1 unspecified atom stereocenters. The molecular weight excluding hydrogens is 290 g/mol. The molecular formula is C12H17N7OS. The maximum absolute atomic E-state index is 12.1. The number of carbonyl (C=O) groups excluding carboxylic acids is 1. The van der Waals surface area contributed by atoms with Crippen LogP contribution in [0.5, 0.6) is 0 Å². The van der Waals surface area contributed by atoms with Gasteiger partial charge in [0.25, 0.3) is 0 Å². The fourth-order valence-corrected chi connectivity index (χ4v) is 3.15. The molecule has 0 saturated carbocycles. The van der Waals surface area contributed by atoms with Gasteiger partial charge in [-0.05, 0) is 26.3 Å². The molecule has 0 bridgehead atoms. The summed E-state index contributed by atoms with van der Waals surface area (Å²) in [5, 5.41) is 16.1. The van der Waals surface area contributed by atoms with E-state index in [0.29, 0.717) is 17.7 Å². The molecule has 1 aliphatic heterocycles. The predicted molar refractivity (Wildman–Crippen MR) is 77.9 cm³/mol. The van der Waals surface area contributed by atoms with E-state index in [2.05, 4.69) is 30.5 Å². The highest BCUT2D eigenvalue weighted by Crippen LogP contribution is 2.19. The van der Waals surface area contributed by atoms with Gasteiger partial charge in [-0.15, -0.1) is 10.2 Å². The number of rotatable bonds is 5. The van der Waals surface area contributed by atoms with Gasteiger partial charge in [0.2, 0.25) is 11.0 Å². The van der Waals surface area contributed by atoms with Crippen molar-refractivity contribution in [3.05, 3.63) is 17.7 Å². The van der Waals surface area contributed by atoms with Crippen LogP contribution in [0.3, 0.4) is 0 Å². The second kappa shape index (κ2) is 6.27. The molecule has 1 amide bonds. The molecule has 1 atom stereocenters. The maximum Gasteiger partial charge on any atom is 0.240 e. The van der Waals surface area contributed by atoms with E-state index >= 15 is 0 Å². The van der Waals surface area contributed by atoms with Gasteiger partial charge in [0, 0.05) is 6.04 Å². The zero-order valence-electron chi connectivity index (χ0n) is 11.8. The first-order chi connectivity index (χ1) is 10.2. The number of hydrogen-bond acceptors (Lipinski definition) is 7. The number of carbonyl (C=O) groups is 1. The van der Waals surface area contributed by atoms with Crippen LogP contribution in [0.15, 0.2) is 12.7 Å². The molecule has 2 aromatic heterocycles. The number of anilines is 1. The molecule has 21 heavy (non-hydrogen) atoms. The van der Waals surface area contributed by atoms with Gasteiger partial charge in [0.05, 0.1) is 13.1 Å². The molecule has 0 radical (unpaired) electrons. The van der Waals surface area contributed by atoms with Crippen LogP contribution in [-0.4, -0.2) is 54.9 Å². The van der Waals surface area contributed by atoms with E-state index in [0.717, 1.165) is 30.9 Å². The van der Waals surface area contributed by atoms with Gasteiger partial charge in [0.1, 0.15) is 17.7 Å². The Kier molecular flexibility index (Phi) is 4.20. The van der Waals surface area contributed by atoms with Crippen LogP contribution in [0.2, 0.25) is 0 Å². The molecule has 1 N–H and O–H groups in total. The van der Waals surface area contributed by atoms with Crippen molar-refractivity contribution in [2.75, 3.05) is 18.4 Å². The van der Waals surface area contributed by atoms with Gasteiger partial charge in [-0.25, -0.2) is 4.98 Å². The predicted octanol–water partition coefficient (Wildman–Crippen LogP) is 0.541. The molecule has 1 saturated heterocycles. The molecule has 2 aromatic rings. The van der Waals surface area contributed by atoms with E-state index < -0.39 is 0 Å². The highest BCUT2D eigenvalue weighted by atomic mass is 32.1. The Bertz CT molecular complexity index is 597. The lowest BCUT2D eigenvalue weighted by atomic mass is 10.2. The van der Waals surface area contributed by atoms with Crippen LogP contribution in [0.25, 0.3) is 0 Å². The smallest absolute Gasteiger partial charge is 0.240 e. The summed E-state index contributed by atoms with van der Waals surface area (Å²) in [4.78, 5) is 18.2. The molecule has 1 fully saturated rings. The number of nitrogens with one attached hydrogen (secondary N) is 1. The molecule has 9 heteroatoms. The lowest BCUT2D eigenvalue weighted by Crippen LogP contribution is -2.39. The minimum absolute atomic E-state index is 0.0448. The van der Waals surface area contributed by atoms with Crippen molar-refractivity contribution < 1.29 is 4.79 Å². The Labute approximate surface area is 126 Å². The molecule has 3 rings (SSSR count). The molecule has 1 aliphatic rings. The Morgan fingerprint density at radius 3 is 3.14 bits per heavy atom. The van der Waals surface area contributed by atoms with E-state index in [1.807, 2.05) is 11.6 Å². The Hall–Kier alpha value is -1.87. The average Bonchev–Trinajstić information content (AvgIpc) is 3.15. The first-order valence-electron chi connectivity index (χ1n) is 6.87. The fourth-order valence-electron chi connectivity index (χ4n) is 2.54. The lowest BCUT2D eigenvalue weighted by molar-refractivity contribution is -0.117. The highest BCUT2D eigenvalue weighted by molar-refractivity contribution is 7.15. The second-order valence-electron chi connectivity index (χ2n) is 5.06. The molecule has 8 nitrogen and oxygen atoms in total. The van der Waals surface area contributed by atoms with Crippen LogP contribution in [0.4, 0.5) is 5.13 Å². The number of nitrogens with zero attached hydrogens (tertiary/aromatic N) is 6. The summed E-state index contributed by atoms with van der Waals surface area (Å²) in [6.45, 7) is 3.94. The van der Waals surface area contributed by atoms with Gasteiger partial charge < -0.3 is 0 Å². The third-order valence-electron chi connectivity index (χ3n) is 3.48. The van der Waals surface area contributed by atoms with Crippen molar-refractivity contribution in [2.24, 2.45) is 0 Å². The van der Waals surface area contributed by atoms with Crippen LogP contribution < -0.4 is 5.32 Å². The average molecular weight is 307 g/mol. The zero-order valence-corrected chi connectivity index (χ0v) is 12.6. The largest absolute Gasteiger partial charge is 0.299 e. The second-order valence-corrected chi connectivity index (χ2v) is 6.24. The molecule has 3 heterocycles. The minimum Gasteiger partial charge on any atom is -0.299 e. The van der Waals surface area contributed by atoms with E-state index in [1.165, 1.54) is 17.7 Å². The van der Waals surface area contributed by atoms with Crippen LogP contribution in [-0.2, 0) is 11.3 Å². The summed E-state index contributed by atoms with van der Waals surface area (Å²) in [7, 11) is 0. The van der Waals surface area contributed by atoms with Crippen molar-refractivity contribution in [1.29, 1.82) is 0 Å². The third-order valence-corrected chi connectivity index (χ3v) is 4.24. The fraction of sp³-hybridized carbons (Fsp3) is 0.583. The topological polar surface area (TPSA) is 88.8 Å². The Morgan fingerprint density at radius 2 is 2.43 bits per heavy atom. The zero-order chi connectivity index (χ0) is 14.7. The summed E-state index contributed by atoms with van der Waals surface area (Å²) in [5.41, 5.74) is 0. The standard InChI is InChI=1S/C12H17N7OS/c1-9-16-17-12(21-9)15-11(20)6-18-4-2-3-10(18)5-19-8-13-7-14-19/h7-8,10H,2-6H2,1H3,(H,15,17,20). The number of likely N-dealkylation sites (tertiary alicyclic amines) is 1. The normalized spacial score (nSPS) is 19.0. The first-order valence-corrected chi connectivity index (χ1v) is 7.69. The summed E-state index contributed by atoms with van der Waals surface area (Å²) in [6, 6.07) is 0.327. The number of aryl methyl sites for hydroxylation is 1. The van der Waals surface area contributed by atoms with Crippen molar-refractivity contribution >= 4 is 22.4 Å². The SMILES string of the molecule is Cc1nnc(NC(=O)CN2CCCC2Cn2cncn2)s1. The van der Waals surface area contributed by atoms with Crippen LogP contribution in [0.1, 0.15) is 17.8 Å². The maximum atomic E-state index is 12.1. The third kappa shape index (κ3) is 3.61. The summed E-state index contributed by atoms with van der Waals surface area (Å²) in [6.07, 6.45) is 5.42. The lowest BCUT2D eigenvalue weighted by Gasteiger charge is -2.23. The molecule has 112 valence electrons. The van der Waals surface area contributed by atoms with Gasteiger partial charge >= 0.3 is 0 Å². The highest BCUT2D eigenvalue weighted by Gasteiger charge is 2.26. The monoisotopic (exact) mass is 307 g/mol.